The molecule has 1 N–H and O–H groups in total. The van der Waals surface area contributed by atoms with Gasteiger partial charge >= 0.3 is 0 Å². The Hall–Kier alpha value is -3.37. The summed E-state index contributed by atoms with van der Waals surface area (Å²) >= 11 is 5.96. The number of halogens is 1. The molecule has 1 atom stereocenters. The highest BCUT2D eigenvalue weighted by Gasteiger charge is 2.47. The van der Waals surface area contributed by atoms with Gasteiger partial charge in [0.25, 0.3) is 11.7 Å². The van der Waals surface area contributed by atoms with E-state index in [1.165, 1.54) is 4.90 Å². The summed E-state index contributed by atoms with van der Waals surface area (Å²) in [5, 5.41) is 11.6. The molecule has 150 valence electrons. The fraction of sp³-hybridized carbons (Fsp3) is 0.120. The van der Waals surface area contributed by atoms with Gasteiger partial charge in [-0.25, -0.2) is 0 Å². The maximum absolute atomic E-state index is 13.1. The second-order valence-electron chi connectivity index (χ2n) is 7.38. The number of aryl methyl sites for hydroxylation is 2. The monoisotopic (exact) mass is 417 g/mol. The van der Waals surface area contributed by atoms with E-state index in [9.17, 15) is 14.7 Å². The molecule has 4 rings (SSSR count). The Morgan fingerprint density at radius 1 is 0.933 bits per heavy atom. The minimum Gasteiger partial charge on any atom is -0.507 e. The number of hydrogen-bond acceptors (Lipinski definition) is 3. The number of aliphatic hydroxyl groups is 1. The van der Waals surface area contributed by atoms with Gasteiger partial charge in [0.15, 0.2) is 0 Å². The molecule has 1 heterocycles. The maximum atomic E-state index is 13.1. The van der Waals surface area contributed by atoms with Crippen LogP contribution in [0.2, 0.25) is 5.02 Å². The Morgan fingerprint density at radius 2 is 1.63 bits per heavy atom. The molecule has 0 saturated carbocycles. The van der Waals surface area contributed by atoms with Crippen LogP contribution < -0.4 is 4.90 Å². The second kappa shape index (κ2) is 7.81. The van der Waals surface area contributed by atoms with Crippen molar-refractivity contribution >= 4 is 34.7 Å². The molecule has 30 heavy (non-hydrogen) atoms. The molecule has 1 aliphatic rings. The second-order valence-corrected chi connectivity index (χ2v) is 7.81. The van der Waals surface area contributed by atoms with Crippen LogP contribution in [0.25, 0.3) is 5.76 Å². The van der Waals surface area contributed by atoms with Crippen molar-refractivity contribution < 1.29 is 14.7 Å². The molecule has 3 aromatic carbocycles. The van der Waals surface area contributed by atoms with E-state index in [2.05, 4.69) is 0 Å². The first-order valence-corrected chi connectivity index (χ1v) is 9.95. The van der Waals surface area contributed by atoms with Crippen molar-refractivity contribution in [2.75, 3.05) is 4.90 Å². The number of para-hydroxylation sites is 1. The van der Waals surface area contributed by atoms with Crippen molar-refractivity contribution in [3.05, 3.63) is 106 Å². The Bertz CT molecular complexity index is 1180. The summed E-state index contributed by atoms with van der Waals surface area (Å²) in [6, 6.07) is 20.8. The Balaban J connectivity index is 1.98. The number of carbonyl (C=O) groups excluding carboxylic acids is 2. The van der Waals surface area contributed by atoms with Crippen molar-refractivity contribution in [3.63, 3.8) is 0 Å². The number of hydrogen-bond donors (Lipinski definition) is 1. The molecule has 0 radical (unpaired) electrons. The average molecular weight is 418 g/mol. The molecule has 5 heteroatoms. The van der Waals surface area contributed by atoms with E-state index in [0.29, 0.717) is 16.3 Å². The molecule has 1 aliphatic heterocycles. The van der Waals surface area contributed by atoms with E-state index >= 15 is 0 Å². The summed E-state index contributed by atoms with van der Waals surface area (Å²) < 4.78 is 0. The van der Waals surface area contributed by atoms with E-state index in [4.69, 9.17) is 11.6 Å². The molecule has 4 nitrogen and oxygen atoms in total. The van der Waals surface area contributed by atoms with Gasteiger partial charge in [0.05, 0.1) is 11.6 Å². The maximum Gasteiger partial charge on any atom is 0.300 e. The molecule has 1 amide bonds. The molecule has 1 fully saturated rings. The molecular formula is C25H20ClNO3. The standard InChI is InChI=1S/C25H20ClNO3/c1-15-6-5-8-18(14-15)22-21(23(28)17-10-12-19(26)13-11-17)24(29)25(30)27(22)20-9-4-3-7-16(20)2/h3-14,22,28H,1-2H3/b23-21-. The van der Waals surface area contributed by atoms with Crippen LogP contribution in [0.5, 0.6) is 0 Å². The number of anilines is 1. The minimum atomic E-state index is -0.735. The highest BCUT2D eigenvalue weighted by molar-refractivity contribution is 6.51. The summed E-state index contributed by atoms with van der Waals surface area (Å²) in [6.45, 7) is 3.84. The molecule has 0 aromatic heterocycles. The van der Waals surface area contributed by atoms with E-state index in [0.717, 1.165) is 16.7 Å². The number of aliphatic hydroxyl groups excluding tert-OH is 1. The topological polar surface area (TPSA) is 57.6 Å². The quantitative estimate of drug-likeness (QED) is 0.343. The molecular weight excluding hydrogens is 398 g/mol. The molecule has 1 saturated heterocycles. The third-order valence-electron chi connectivity index (χ3n) is 5.29. The van der Waals surface area contributed by atoms with Gasteiger partial charge in [-0.3, -0.25) is 14.5 Å². The highest BCUT2D eigenvalue weighted by atomic mass is 35.5. The Kier molecular flexibility index (Phi) is 5.18. The van der Waals surface area contributed by atoms with Crippen molar-refractivity contribution in [3.8, 4) is 0 Å². The largest absolute Gasteiger partial charge is 0.507 e. The number of nitrogens with zero attached hydrogens (tertiary/aromatic N) is 1. The summed E-state index contributed by atoms with van der Waals surface area (Å²) in [4.78, 5) is 27.7. The smallest absolute Gasteiger partial charge is 0.300 e. The van der Waals surface area contributed by atoms with Gasteiger partial charge in [-0.1, -0.05) is 59.6 Å². The van der Waals surface area contributed by atoms with Crippen LogP contribution in [0.3, 0.4) is 0 Å². The molecule has 3 aromatic rings. The predicted molar refractivity (Wildman–Crippen MR) is 119 cm³/mol. The predicted octanol–water partition coefficient (Wildman–Crippen LogP) is 5.58. The van der Waals surface area contributed by atoms with Gasteiger partial charge < -0.3 is 5.11 Å². The highest BCUT2D eigenvalue weighted by Crippen LogP contribution is 2.43. The van der Waals surface area contributed by atoms with Crippen molar-refractivity contribution in [2.45, 2.75) is 19.9 Å². The van der Waals surface area contributed by atoms with Crippen molar-refractivity contribution in [1.29, 1.82) is 0 Å². The Labute approximate surface area is 180 Å². The fourth-order valence-corrected chi connectivity index (χ4v) is 3.96. The number of ketones is 1. The van der Waals surface area contributed by atoms with Crippen molar-refractivity contribution in [2.24, 2.45) is 0 Å². The fourth-order valence-electron chi connectivity index (χ4n) is 3.83. The van der Waals surface area contributed by atoms with Crippen LogP contribution in [0, 0.1) is 13.8 Å². The van der Waals surface area contributed by atoms with E-state index in [-0.39, 0.29) is 11.3 Å². The lowest BCUT2D eigenvalue weighted by molar-refractivity contribution is -0.132. The van der Waals surface area contributed by atoms with Gasteiger partial charge in [-0.05, 0) is 55.3 Å². The Morgan fingerprint density at radius 3 is 2.30 bits per heavy atom. The van der Waals surface area contributed by atoms with Crippen LogP contribution in [0.15, 0.2) is 78.4 Å². The van der Waals surface area contributed by atoms with Gasteiger partial charge in [0.1, 0.15) is 5.76 Å². The molecule has 0 bridgehead atoms. The lowest BCUT2D eigenvalue weighted by Gasteiger charge is -2.27. The first-order chi connectivity index (χ1) is 14.4. The number of rotatable bonds is 3. The lowest BCUT2D eigenvalue weighted by Crippen LogP contribution is -2.30. The zero-order valence-corrected chi connectivity index (χ0v) is 17.4. The molecule has 0 aliphatic carbocycles. The zero-order chi connectivity index (χ0) is 21.4. The molecule has 1 unspecified atom stereocenters. The number of carbonyl (C=O) groups is 2. The lowest BCUT2D eigenvalue weighted by atomic mass is 9.94. The summed E-state index contributed by atoms with van der Waals surface area (Å²) in [5.41, 5.74) is 3.75. The van der Waals surface area contributed by atoms with Crippen LogP contribution in [0.4, 0.5) is 5.69 Å². The third kappa shape index (κ3) is 3.40. The van der Waals surface area contributed by atoms with Crippen LogP contribution in [-0.4, -0.2) is 16.8 Å². The molecule has 0 spiro atoms. The van der Waals surface area contributed by atoms with Gasteiger partial charge in [0.2, 0.25) is 0 Å². The average Bonchev–Trinajstić information content (AvgIpc) is 2.99. The van der Waals surface area contributed by atoms with Crippen LogP contribution >= 0.6 is 11.6 Å². The van der Waals surface area contributed by atoms with E-state index in [1.807, 2.05) is 62.4 Å². The van der Waals surface area contributed by atoms with Gasteiger partial charge in [-0.2, -0.15) is 0 Å². The third-order valence-corrected chi connectivity index (χ3v) is 5.55. The van der Waals surface area contributed by atoms with Crippen molar-refractivity contribution in [1.82, 2.24) is 0 Å². The number of Topliss-reactive ketones (excluding diaryl/α,β-unsaturated/α-hetero) is 1. The summed E-state index contributed by atoms with van der Waals surface area (Å²) in [5.74, 6) is -1.59. The van der Waals surface area contributed by atoms with Gasteiger partial charge in [-0.15, -0.1) is 0 Å². The summed E-state index contributed by atoms with van der Waals surface area (Å²) in [7, 11) is 0. The normalized spacial score (nSPS) is 18.1. The first-order valence-electron chi connectivity index (χ1n) is 9.57. The van der Waals surface area contributed by atoms with Crippen LogP contribution in [0.1, 0.15) is 28.3 Å². The number of amides is 1. The SMILES string of the molecule is Cc1cccc(C2/C(=C(/O)c3ccc(Cl)cc3)C(=O)C(=O)N2c2ccccc2C)c1. The van der Waals surface area contributed by atoms with Gasteiger partial charge in [0, 0.05) is 16.3 Å². The minimum absolute atomic E-state index is 0.0659. The van der Waals surface area contributed by atoms with E-state index in [1.54, 1.807) is 24.3 Å². The number of benzene rings is 3. The summed E-state index contributed by atoms with van der Waals surface area (Å²) in [6.07, 6.45) is 0. The zero-order valence-electron chi connectivity index (χ0n) is 16.6. The first kappa shape index (κ1) is 19.9. The van der Waals surface area contributed by atoms with E-state index < -0.39 is 17.7 Å². The van der Waals surface area contributed by atoms with Crippen LogP contribution in [-0.2, 0) is 9.59 Å².